The first-order chi connectivity index (χ1) is 7.65. The third kappa shape index (κ3) is 3.30. The fourth-order valence-electron chi connectivity index (χ4n) is 1.44. The lowest BCUT2D eigenvalue weighted by atomic mass is 10.3. The van der Waals surface area contributed by atoms with Gasteiger partial charge in [0, 0.05) is 18.8 Å². The van der Waals surface area contributed by atoms with E-state index in [2.05, 4.69) is 10.3 Å². The average Bonchev–Trinajstić information content (AvgIpc) is 3.04. The van der Waals surface area contributed by atoms with Crippen molar-refractivity contribution in [3.05, 3.63) is 27.9 Å². The molecule has 5 nitrogen and oxygen atoms in total. The first-order valence-electron chi connectivity index (χ1n) is 5.28. The summed E-state index contributed by atoms with van der Waals surface area (Å²) in [4.78, 5) is 14.9. The van der Waals surface area contributed by atoms with Gasteiger partial charge in [0.15, 0.2) is 0 Å². The summed E-state index contributed by atoms with van der Waals surface area (Å²) in [6.07, 6.45) is 4.53. The second-order valence-electron chi connectivity index (χ2n) is 4.04. The summed E-state index contributed by atoms with van der Waals surface area (Å²) < 4.78 is 1.32. The van der Waals surface area contributed by atoms with Gasteiger partial charge in [-0.1, -0.05) is 11.6 Å². The Hall–Kier alpha value is -0.910. The molecule has 1 unspecified atom stereocenters. The molecule has 0 amide bonds. The first kappa shape index (κ1) is 11.6. The zero-order valence-corrected chi connectivity index (χ0v) is 9.52. The van der Waals surface area contributed by atoms with Gasteiger partial charge in [0.2, 0.25) is 0 Å². The summed E-state index contributed by atoms with van der Waals surface area (Å²) in [6, 6.07) is 0.545. The van der Waals surface area contributed by atoms with Crippen molar-refractivity contribution in [2.24, 2.45) is 0 Å². The Morgan fingerprint density at radius 3 is 3.12 bits per heavy atom. The molecule has 16 heavy (non-hydrogen) atoms. The molecule has 0 aromatic carbocycles. The van der Waals surface area contributed by atoms with E-state index in [1.54, 1.807) is 0 Å². The van der Waals surface area contributed by atoms with Crippen molar-refractivity contribution in [2.75, 3.05) is 6.54 Å². The van der Waals surface area contributed by atoms with Crippen LogP contribution in [0.4, 0.5) is 0 Å². The molecule has 1 aromatic rings. The molecule has 0 aliphatic heterocycles. The minimum Gasteiger partial charge on any atom is -0.390 e. The lowest BCUT2D eigenvalue weighted by Gasteiger charge is -2.12. The van der Waals surface area contributed by atoms with Crippen LogP contribution in [-0.2, 0) is 6.54 Å². The van der Waals surface area contributed by atoms with Gasteiger partial charge < -0.3 is 10.4 Å². The molecule has 1 atom stereocenters. The van der Waals surface area contributed by atoms with E-state index in [0.717, 1.165) is 0 Å². The molecular weight excluding hydrogens is 230 g/mol. The van der Waals surface area contributed by atoms with E-state index >= 15 is 0 Å². The predicted octanol–water partition coefficient (Wildman–Crippen LogP) is 0.00960. The van der Waals surface area contributed by atoms with Crippen LogP contribution in [-0.4, -0.2) is 33.3 Å². The van der Waals surface area contributed by atoms with Crippen LogP contribution in [0.3, 0.4) is 0 Å². The van der Waals surface area contributed by atoms with Gasteiger partial charge in [-0.2, -0.15) is 0 Å². The van der Waals surface area contributed by atoms with E-state index in [0.29, 0.717) is 17.6 Å². The van der Waals surface area contributed by atoms with Gasteiger partial charge >= 0.3 is 5.69 Å². The highest BCUT2D eigenvalue weighted by Gasteiger charge is 2.21. The van der Waals surface area contributed by atoms with E-state index < -0.39 is 11.8 Å². The highest BCUT2D eigenvalue weighted by molar-refractivity contribution is 6.30. The fourth-order valence-corrected chi connectivity index (χ4v) is 1.61. The SMILES string of the molecule is O=c1ncc(Cl)cn1CC(O)CNC1CC1. The van der Waals surface area contributed by atoms with Crippen molar-refractivity contribution < 1.29 is 5.11 Å². The highest BCUT2D eigenvalue weighted by atomic mass is 35.5. The molecule has 1 aromatic heterocycles. The molecule has 88 valence electrons. The first-order valence-corrected chi connectivity index (χ1v) is 5.66. The molecule has 0 saturated heterocycles. The monoisotopic (exact) mass is 243 g/mol. The predicted molar refractivity (Wildman–Crippen MR) is 60.5 cm³/mol. The summed E-state index contributed by atoms with van der Waals surface area (Å²) in [5, 5.41) is 13.3. The minimum atomic E-state index is -0.599. The number of aromatic nitrogens is 2. The summed E-state index contributed by atoms with van der Waals surface area (Å²) in [5.41, 5.74) is -0.394. The summed E-state index contributed by atoms with van der Waals surface area (Å²) in [7, 11) is 0. The topological polar surface area (TPSA) is 67.2 Å². The number of rotatable bonds is 5. The normalized spacial score (nSPS) is 17.4. The molecule has 0 spiro atoms. The average molecular weight is 244 g/mol. The Morgan fingerprint density at radius 2 is 2.44 bits per heavy atom. The number of aliphatic hydroxyl groups is 1. The maximum atomic E-state index is 11.3. The second-order valence-corrected chi connectivity index (χ2v) is 4.48. The largest absolute Gasteiger partial charge is 0.390 e. The third-order valence-electron chi connectivity index (χ3n) is 2.45. The van der Waals surface area contributed by atoms with Crippen molar-refractivity contribution in [3.63, 3.8) is 0 Å². The van der Waals surface area contributed by atoms with Crippen LogP contribution >= 0.6 is 11.6 Å². The van der Waals surface area contributed by atoms with Gasteiger partial charge in [0.25, 0.3) is 0 Å². The Balaban J connectivity index is 1.90. The van der Waals surface area contributed by atoms with Crippen LogP contribution < -0.4 is 11.0 Å². The number of hydrogen-bond donors (Lipinski definition) is 2. The van der Waals surface area contributed by atoms with Crippen molar-refractivity contribution in [1.82, 2.24) is 14.9 Å². The van der Waals surface area contributed by atoms with Crippen LogP contribution in [0.25, 0.3) is 0 Å². The maximum Gasteiger partial charge on any atom is 0.347 e. The summed E-state index contributed by atoms with van der Waals surface area (Å²) in [5.74, 6) is 0. The number of nitrogens with one attached hydrogen (secondary N) is 1. The van der Waals surface area contributed by atoms with Crippen LogP contribution in [0.1, 0.15) is 12.8 Å². The van der Waals surface area contributed by atoms with E-state index in [4.69, 9.17) is 11.6 Å². The molecule has 1 saturated carbocycles. The smallest absolute Gasteiger partial charge is 0.347 e. The Bertz CT molecular complexity index is 417. The van der Waals surface area contributed by atoms with Gasteiger partial charge in [-0.05, 0) is 12.8 Å². The Labute approximate surface area is 98.1 Å². The standard InChI is InChI=1S/C10H14ClN3O2/c11-7-3-13-10(16)14(5-7)6-9(15)4-12-8-1-2-8/h3,5,8-9,12,15H,1-2,4,6H2. The van der Waals surface area contributed by atoms with Gasteiger partial charge in [-0.3, -0.25) is 4.57 Å². The number of nitrogens with zero attached hydrogens (tertiary/aromatic N) is 2. The van der Waals surface area contributed by atoms with E-state index in [1.165, 1.54) is 29.8 Å². The Morgan fingerprint density at radius 1 is 1.69 bits per heavy atom. The third-order valence-corrected chi connectivity index (χ3v) is 2.65. The van der Waals surface area contributed by atoms with Gasteiger partial charge in [0.05, 0.1) is 23.9 Å². The quantitative estimate of drug-likeness (QED) is 0.765. The molecule has 0 bridgehead atoms. The zero-order chi connectivity index (χ0) is 11.5. The van der Waals surface area contributed by atoms with Crippen molar-refractivity contribution in [2.45, 2.75) is 31.5 Å². The zero-order valence-electron chi connectivity index (χ0n) is 8.77. The summed E-state index contributed by atoms with van der Waals surface area (Å²) in [6.45, 7) is 0.704. The lowest BCUT2D eigenvalue weighted by Crippen LogP contribution is -2.35. The van der Waals surface area contributed by atoms with Crippen molar-refractivity contribution in [1.29, 1.82) is 0 Å². The molecular formula is C10H14ClN3O2. The maximum absolute atomic E-state index is 11.3. The van der Waals surface area contributed by atoms with Crippen molar-refractivity contribution in [3.8, 4) is 0 Å². The minimum absolute atomic E-state index is 0.214. The number of halogens is 1. The van der Waals surface area contributed by atoms with E-state index in [1.807, 2.05) is 0 Å². The molecule has 1 aliphatic carbocycles. The van der Waals surface area contributed by atoms with E-state index in [9.17, 15) is 9.90 Å². The number of hydrogen-bond acceptors (Lipinski definition) is 4. The fraction of sp³-hybridized carbons (Fsp3) is 0.600. The number of aliphatic hydroxyl groups excluding tert-OH is 1. The lowest BCUT2D eigenvalue weighted by molar-refractivity contribution is 0.149. The van der Waals surface area contributed by atoms with Crippen LogP contribution in [0, 0.1) is 0 Å². The highest BCUT2D eigenvalue weighted by Crippen LogP contribution is 2.18. The van der Waals surface area contributed by atoms with Crippen LogP contribution in [0.15, 0.2) is 17.2 Å². The molecule has 0 radical (unpaired) electrons. The van der Waals surface area contributed by atoms with Crippen LogP contribution in [0.2, 0.25) is 5.02 Å². The Kier molecular flexibility index (Phi) is 3.58. The second kappa shape index (κ2) is 4.95. The molecule has 1 heterocycles. The summed E-state index contributed by atoms with van der Waals surface area (Å²) >= 11 is 5.72. The van der Waals surface area contributed by atoms with Gasteiger partial charge in [-0.15, -0.1) is 0 Å². The molecule has 1 fully saturated rings. The van der Waals surface area contributed by atoms with E-state index in [-0.39, 0.29) is 6.54 Å². The van der Waals surface area contributed by atoms with Crippen LogP contribution in [0.5, 0.6) is 0 Å². The van der Waals surface area contributed by atoms with Crippen molar-refractivity contribution >= 4 is 11.6 Å². The molecule has 1 aliphatic rings. The molecule has 2 N–H and O–H groups in total. The van der Waals surface area contributed by atoms with Gasteiger partial charge in [-0.25, -0.2) is 9.78 Å². The van der Waals surface area contributed by atoms with Gasteiger partial charge in [0.1, 0.15) is 0 Å². The molecule has 6 heteroatoms. The molecule has 2 rings (SSSR count).